The molecule has 100 valence electrons. The Morgan fingerprint density at radius 2 is 2.00 bits per heavy atom. The van der Waals surface area contributed by atoms with Gasteiger partial charge in [-0.1, -0.05) is 25.1 Å². The minimum Gasteiger partial charge on any atom is -0.339 e. The normalized spacial score (nSPS) is 17.8. The van der Waals surface area contributed by atoms with Crippen LogP contribution in [0, 0.1) is 16.7 Å². The molecule has 1 aliphatic rings. The highest BCUT2D eigenvalue weighted by molar-refractivity contribution is 5.95. The van der Waals surface area contributed by atoms with Crippen LogP contribution in [-0.4, -0.2) is 23.9 Å². The second-order valence-corrected chi connectivity index (χ2v) is 5.48. The molecule has 0 radical (unpaired) electrons. The molecule has 1 aromatic carbocycles. The Bertz CT molecular complexity index is 508. The molecule has 1 aromatic rings. The summed E-state index contributed by atoms with van der Waals surface area (Å²) in [4.78, 5) is 14.4. The molecule has 2 rings (SSSR count). The first-order chi connectivity index (χ1) is 9.09. The number of carbonyl (C=O) groups excluding carboxylic acids is 1. The minimum atomic E-state index is -0.263. The molecule has 3 nitrogen and oxygen atoms in total. The quantitative estimate of drug-likeness (QED) is 0.816. The van der Waals surface area contributed by atoms with Crippen LogP contribution in [0.4, 0.5) is 0 Å². The maximum absolute atomic E-state index is 12.5. The maximum atomic E-state index is 12.5. The third-order valence-electron chi connectivity index (χ3n) is 4.05. The molecule has 0 aromatic heterocycles. The van der Waals surface area contributed by atoms with Gasteiger partial charge in [-0.15, -0.1) is 0 Å². The molecular formula is C16H20N2O. The van der Waals surface area contributed by atoms with Crippen LogP contribution < -0.4 is 0 Å². The van der Waals surface area contributed by atoms with Crippen LogP contribution >= 0.6 is 0 Å². The highest BCUT2D eigenvalue weighted by atomic mass is 16.2. The number of carbonyl (C=O) groups is 1. The van der Waals surface area contributed by atoms with Crippen LogP contribution in [0.5, 0.6) is 0 Å². The van der Waals surface area contributed by atoms with Gasteiger partial charge in [0.15, 0.2) is 0 Å². The molecule has 1 saturated heterocycles. The zero-order valence-electron chi connectivity index (χ0n) is 11.6. The Balaban J connectivity index is 2.12. The average molecular weight is 256 g/mol. The van der Waals surface area contributed by atoms with Gasteiger partial charge in [0.05, 0.1) is 11.5 Å². The Labute approximate surface area is 114 Å². The number of amides is 1. The van der Waals surface area contributed by atoms with Crippen molar-refractivity contribution >= 4 is 5.91 Å². The smallest absolute Gasteiger partial charge is 0.254 e. The molecule has 1 fully saturated rings. The number of nitriles is 1. The number of piperidine rings is 1. The van der Waals surface area contributed by atoms with Gasteiger partial charge in [-0.25, -0.2) is 0 Å². The molecule has 1 heterocycles. The fourth-order valence-electron chi connectivity index (χ4n) is 2.52. The SMILES string of the molecule is CCc1ccccc1C(=O)N1CCC(C)(C#N)CC1. The van der Waals surface area contributed by atoms with Gasteiger partial charge < -0.3 is 4.90 Å². The maximum Gasteiger partial charge on any atom is 0.254 e. The van der Waals surface area contributed by atoms with E-state index in [1.165, 1.54) is 0 Å². The largest absolute Gasteiger partial charge is 0.339 e. The molecule has 0 N–H and O–H groups in total. The summed E-state index contributed by atoms with van der Waals surface area (Å²) in [5, 5.41) is 9.12. The van der Waals surface area contributed by atoms with E-state index in [0.717, 1.165) is 30.4 Å². The molecule has 0 bridgehead atoms. The van der Waals surface area contributed by atoms with E-state index >= 15 is 0 Å². The van der Waals surface area contributed by atoms with Crippen LogP contribution in [-0.2, 0) is 6.42 Å². The first kappa shape index (κ1) is 13.6. The van der Waals surface area contributed by atoms with E-state index in [2.05, 4.69) is 13.0 Å². The lowest BCUT2D eigenvalue weighted by Gasteiger charge is -2.35. The van der Waals surface area contributed by atoms with Gasteiger partial charge >= 0.3 is 0 Å². The summed E-state index contributed by atoms with van der Waals surface area (Å²) in [6, 6.07) is 10.2. The second kappa shape index (κ2) is 5.44. The predicted octanol–water partition coefficient (Wildman–Crippen LogP) is 3.01. The van der Waals surface area contributed by atoms with Gasteiger partial charge in [0.2, 0.25) is 0 Å². The molecule has 0 spiro atoms. The van der Waals surface area contributed by atoms with E-state index in [0.29, 0.717) is 13.1 Å². The van der Waals surface area contributed by atoms with Gasteiger partial charge in [-0.2, -0.15) is 5.26 Å². The summed E-state index contributed by atoms with van der Waals surface area (Å²) in [7, 11) is 0. The number of likely N-dealkylation sites (tertiary alicyclic amines) is 1. The first-order valence-corrected chi connectivity index (χ1v) is 6.88. The summed E-state index contributed by atoms with van der Waals surface area (Å²) in [6.07, 6.45) is 2.40. The second-order valence-electron chi connectivity index (χ2n) is 5.48. The lowest BCUT2D eigenvalue weighted by atomic mass is 9.82. The minimum absolute atomic E-state index is 0.109. The number of benzene rings is 1. The number of aryl methyl sites for hydroxylation is 1. The van der Waals surface area contributed by atoms with E-state index in [1.54, 1.807) is 0 Å². The fraction of sp³-hybridized carbons (Fsp3) is 0.500. The fourth-order valence-corrected chi connectivity index (χ4v) is 2.52. The molecule has 0 saturated carbocycles. The molecule has 0 unspecified atom stereocenters. The highest BCUT2D eigenvalue weighted by Crippen LogP contribution is 2.30. The molecule has 3 heteroatoms. The average Bonchev–Trinajstić information content (AvgIpc) is 2.47. The van der Waals surface area contributed by atoms with Gasteiger partial charge in [0, 0.05) is 18.7 Å². The first-order valence-electron chi connectivity index (χ1n) is 6.88. The van der Waals surface area contributed by atoms with Crippen molar-refractivity contribution in [3.05, 3.63) is 35.4 Å². The highest BCUT2D eigenvalue weighted by Gasteiger charge is 2.32. The molecule has 1 amide bonds. The van der Waals surface area contributed by atoms with E-state index in [9.17, 15) is 4.79 Å². The molecule has 19 heavy (non-hydrogen) atoms. The lowest BCUT2D eigenvalue weighted by molar-refractivity contribution is 0.0660. The van der Waals surface area contributed by atoms with E-state index in [1.807, 2.05) is 36.1 Å². The molecular weight excluding hydrogens is 236 g/mol. The van der Waals surface area contributed by atoms with Crippen LogP contribution in [0.3, 0.4) is 0 Å². The third kappa shape index (κ3) is 2.78. The Morgan fingerprint density at radius 1 is 1.37 bits per heavy atom. The van der Waals surface area contributed by atoms with E-state index < -0.39 is 0 Å². The molecule has 0 aliphatic carbocycles. The Morgan fingerprint density at radius 3 is 2.58 bits per heavy atom. The zero-order chi connectivity index (χ0) is 13.9. The van der Waals surface area contributed by atoms with Crippen molar-refractivity contribution in [2.75, 3.05) is 13.1 Å². The summed E-state index contributed by atoms with van der Waals surface area (Å²) < 4.78 is 0. The topological polar surface area (TPSA) is 44.1 Å². The van der Waals surface area contributed by atoms with Crippen LogP contribution in [0.25, 0.3) is 0 Å². The van der Waals surface area contributed by atoms with Crippen molar-refractivity contribution < 1.29 is 4.79 Å². The summed E-state index contributed by atoms with van der Waals surface area (Å²) in [5.74, 6) is 0.109. The Kier molecular flexibility index (Phi) is 3.90. The standard InChI is InChI=1S/C16H20N2O/c1-3-13-6-4-5-7-14(13)15(19)18-10-8-16(2,12-17)9-11-18/h4-7H,3,8-11H2,1-2H3. The van der Waals surface area contributed by atoms with Crippen molar-refractivity contribution in [2.24, 2.45) is 5.41 Å². The van der Waals surface area contributed by atoms with Crippen LogP contribution in [0.2, 0.25) is 0 Å². The zero-order valence-corrected chi connectivity index (χ0v) is 11.6. The number of hydrogen-bond acceptors (Lipinski definition) is 2. The van der Waals surface area contributed by atoms with Gasteiger partial charge in [-0.3, -0.25) is 4.79 Å². The molecule has 1 aliphatic heterocycles. The van der Waals surface area contributed by atoms with Gasteiger partial charge in [0.1, 0.15) is 0 Å². The van der Waals surface area contributed by atoms with Crippen LogP contribution in [0.1, 0.15) is 42.6 Å². The van der Waals surface area contributed by atoms with Crippen molar-refractivity contribution in [1.29, 1.82) is 5.26 Å². The summed E-state index contributed by atoms with van der Waals surface area (Å²) in [5.41, 5.74) is 1.65. The van der Waals surface area contributed by atoms with Crippen molar-refractivity contribution in [3.63, 3.8) is 0 Å². The summed E-state index contributed by atoms with van der Waals surface area (Å²) in [6.45, 7) is 5.41. The van der Waals surface area contributed by atoms with Gasteiger partial charge in [0.25, 0.3) is 5.91 Å². The molecule has 0 atom stereocenters. The van der Waals surface area contributed by atoms with E-state index in [4.69, 9.17) is 5.26 Å². The van der Waals surface area contributed by atoms with E-state index in [-0.39, 0.29) is 11.3 Å². The number of rotatable bonds is 2. The third-order valence-corrected chi connectivity index (χ3v) is 4.05. The predicted molar refractivity (Wildman–Crippen MR) is 74.7 cm³/mol. The van der Waals surface area contributed by atoms with Crippen molar-refractivity contribution in [3.8, 4) is 6.07 Å². The summed E-state index contributed by atoms with van der Waals surface area (Å²) >= 11 is 0. The number of hydrogen-bond donors (Lipinski definition) is 0. The van der Waals surface area contributed by atoms with Gasteiger partial charge in [-0.05, 0) is 37.8 Å². The monoisotopic (exact) mass is 256 g/mol. The van der Waals surface area contributed by atoms with Crippen molar-refractivity contribution in [2.45, 2.75) is 33.1 Å². The van der Waals surface area contributed by atoms with Crippen molar-refractivity contribution in [1.82, 2.24) is 4.90 Å². The van der Waals surface area contributed by atoms with Crippen LogP contribution in [0.15, 0.2) is 24.3 Å². The Hall–Kier alpha value is -1.82. The number of nitrogens with zero attached hydrogens (tertiary/aromatic N) is 2. The lowest BCUT2D eigenvalue weighted by Crippen LogP contribution is -2.41.